The van der Waals surface area contributed by atoms with E-state index in [1.165, 1.54) is 0 Å². The van der Waals surface area contributed by atoms with Crippen LogP contribution in [0, 0.1) is 0 Å². The van der Waals surface area contributed by atoms with Crippen molar-refractivity contribution in [3.05, 3.63) is 125 Å². The number of nitrogens with zero attached hydrogens (tertiary/aromatic N) is 1. The van der Waals surface area contributed by atoms with Crippen molar-refractivity contribution in [1.29, 1.82) is 0 Å². The zero-order valence-electron chi connectivity index (χ0n) is 18.5. The molecule has 1 unspecified atom stereocenters. The first-order chi connectivity index (χ1) is 17.1. The number of amides is 2. The molecule has 35 heavy (non-hydrogen) atoms. The van der Waals surface area contributed by atoms with E-state index in [9.17, 15) is 14.4 Å². The van der Waals surface area contributed by atoms with E-state index in [0.29, 0.717) is 28.1 Å². The number of anilines is 1. The first-order valence-corrected chi connectivity index (χ1v) is 11.2. The van der Waals surface area contributed by atoms with Crippen LogP contribution < -0.4 is 10.6 Å². The lowest BCUT2D eigenvalue weighted by Crippen LogP contribution is -2.42. The Morgan fingerprint density at radius 1 is 0.714 bits per heavy atom. The number of aliphatic imine (C=N–C) groups is 1. The quantitative estimate of drug-likeness (QED) is 0.420. The lowest BCUT2D eigenvalue weighted by atomic mass is 10.00. The molecule has 1 aliphatic heterocycles. The highest BCUT2D eigenvalue weighted by molar-refractivity contribution is 6.26. The average molecular weight is 457 g/mol. The smallest absolute Gasteiger partial charge is 0.269 e. The van der Waals surface area contributed by atoms with Gasteiger partial charge in [0.25, 0.3) is 11.8 Å². The number of carbonyl (C=O) groups is 3. The summed E-state index contributed by atoms with van der Waals surface area (Å²) in [6.45, 7) is 0. The van der Waals surface area contributed by atoms with E-state index in [0.717, 1.165) is 16.7 Å². The molecule has 1 heterocycles. The number of rotatable bonds is 3. The number of hydrogen-bond acceptors (Lipinski definition) is 4. The van der Waals surface area contributed by atoms with Gasteiger partial charge in [0.15, 0.2) is 5.78 Å². The molecule has 2 N–H and O–H groups in total. The van der Waals surface area contributed by atoms with Gasteiger partial charge in [-0.1, -0.05) is 84.9 Å². The largest absolute Gasteiger partial charge is 0.322 e. The summed E-state index contributed by atoms with van der Waals surface area (Å²) < 4.78 is 0. The van der Waals surface area contributed by atoms with Crippen LogP contribution >= 0.6 is 0 Å². The van der Waals surface area contributed by atoms with Crippen LogP contribution in [0.3, 0.4) is 0 Å². The van der Waals surface area contributed by atoms with Crippen LogP contribution in [0.4, 0.5) is 5.69 Å². The molecule has 6 rings (SSSR count). The number of para-hydroxylation sites is 1. The monoisotopic (exact) mass is 457 g/mol. The van der Waals surface area contributed by atoms with E-state index in [-0.39, 0.29) is 11.3 Å². The Morgan fingerprint density at radius 2 is 1.37 bits per heavy atom. The number of hydrogen-bond donors (Lipinski definition) is 2. The maximum Gasteiger partial charge on any atom is 0.269 e. The fourth-order valence-corrected chi connectivity index (χ4v) is 4.64. The molecule has 6 nitrogen and oxygen atoms in total. The van der Waals surface area contributed by atoms with Crippen molar-refractivity contribution in [1.82, 2.24) is 5.32 Å². The average Bonchev–Trinajstić information content (AvgIpc) is 3.11. The summed E-state index contributed by atoms with van der Waals surface area (Å²) in [4.78, 5) is 44.3. The molecule has 0 fully saturated rings. The predicted octanol–water partition coefficient (Wildman–Crippen LogP) is 4.44. The summed E-state index contributed by atoms with van der Waals surface area (Å²) in [5.41, 5.74) is 5.42. The Labute approximate surface area is 201 Å². The highest BCUT2D eigenvalue weighted by atomic mass is 16.2. The van der Waals surface area contributed by atoms with Crippen molar-refractivity contribution in [2.45, 2.75) is 6.17 Å². The number of fused-ring (bicyclic) bond motifs is 4. The van der Waals surface area contributed by atoms with Gasteiger partial charge in [-0.3, -0.25) is 14.4 Å². The van der Waals surface area contributed by atoms with Gasteiger partial charge in [-0.2, -0.15) is 0 Å². The van der Waals surface area contributed by atoms with E-state index >= 15 is 0 Å². The Morgan fingerprint density at radius 3 is 2.17 bits per heavy atom. The number of benzene rings is 4. The SMILES string of the molecule is O=C(NC1N=C(c2ccccc2)c2ccccc2NC1=O)c1cccc2c1C(=O)c1ccccc1-2. The molecule has 1 atom stereocenters. The van der Waals surface area contributed by atoms with Gasteiger partial charge in [-0.05, 0) is 23.3 Å². The van der Waals surface area contributed by atoms with Gasteiger partial charge < -0.3 is 10.6 Å². The van der Waals surface area contributed by atoms with Crippen LogP contribution in [0.1, 0.15) is 37.4 Å². The van der Waals surface area contributed by atoms with Crippen LogP contribution in [0.5, 0.6) is 0 Å². The minimum absolute atomic E-state index is 0.201. The summed E-state index contributed by atoms with van der Waals surface area (Å²) in [5, 5.41) is 5.61. The van der Waals surface area contributed by atoms with Gasteiger partial charge in [0.2, 0.25) is 6.17 Å². The number of nitrogens with one attached hydrogen (secondary N) is 2. The molecule has 2 amide bonds. The second-order valence-corrected chi connectivity index (χ2v) is 8.36. The van der Waals surface area contributed by atoms with Crippen LogP contribution in [0.2, 0.25) is 0 Å². The molecule has 4 aromatic carbocycles. The Hall–Kier alpha value is -4.84. The first kappa shape index (κ1) is 20.7. The van der Waals surface area contributed by atoms with Gasteiger partial charge in [-0.25, -0.2) is 4.99 Å². The second kappa shape index (κ2) is 8.18. The molecule has 0 spiro atoms. The minimum Gasteiger partial charge on any atom is -0.322 e. The molecule has 4 aromatic rings. The zero-order chi connectivity index (χ0) is 23.9. The maximum atomic E-state index is 13.4. The van der Waals surface area contributed by atoms with E-state index in [1.54, 1.807) is 30.3 Å². The third-order valence-corrected chi connectivity index (χ3v) is 6.26. The van der Waals surface area contributed by atoms with Crippen molar-refractivity contribution in [3.8, 4) is 11.1 Å². The molecule has 0 bridgehead atoms. The third kappa shape index (κ3) is 3.43. The zero-order valence-corrected chi connectivity index (χ0v) is 18.5. The molecule has 0 radical (unpaired) electrons. The Kier molecular flexibility index (Phi) is 4.85. The van der Waals surface area contributed by atoms with Crippen molar-refractivity contribution < 1.29 is 14.4 Å². The van der Waals surface area contributed by atoms with Crippen molar-refractivity contribution >= 4 is 29.0 Å². The fraction of sp³-hybridized carbons (Fsp3) is 0.0345. The molecule has 6 heteroatoms. The lowest BCUT2D eigenvalue weighted by molar-refractivity contribution is -0.117. The molecular weight excluding hydrogens is 438 g/mol. The second-order valence-electron chi connectivity index (χ2n) is 8.36. The fourth-order valence-electron chi connectivity index (χ4n) is 4.64. The van der Waals surface area contributed by atoms with E-state index in [1.807, 2.05) is 66.7 Å². The van der Waals surface area contributed by atoms with E-state index < -0.39 is 18.0 Å². The van der Waals surface area contributed by atoms with Crippen LogP contribution in [-0.2, 0) is 4.79 Å². The summed E-state index contributed by atoms with van der Waals surface area (Å²) in [7, 11) is 0. The molecule has 1 aliphatic carbocycles. The summed E-state index contributed by atoms with van der Waals surface area (Å²) >= 11 is 0. The summed E-state index contributed by atoms with van der Waals surface area (Å²) in [5.74, 6) is -1.20. The normalized spacial score (nSPS) is 15.8. The summed E-state index contributed by atoms with van der Waals surface area (Å²) in [6.07, 6.45) is -1.18. The van der Waals surface area contributed by atoms with Crippen molar-refractivity contribution in [2.24, 2.45) is 4.99 Å². The van der Waals surface area contributed by atoms with E-state index in [4.69, 9.17) is 0 Å². The number of carbonyl (C=O) groups excluding carboxylic acids is 3. The topological polar surface area (TPSA) is 87.6 Å². The molecule has 168 valence electrons. The van der Waals surface area contributed by atoms with Crippen molar-refractivity contribution in [3.63, 3.8) is 0 Å². The number of benzodiazepines with no additional fused rings is 1. The highest BCUT2D eigenvalue weighted by Gasteiger charge is 2.33. The maximum absolute atomic E-state index is 13.4. The molecule has 0 saturated heterocycles. The Balaban J connectivity index is 1.40. The van der Waals surface area contributed by atoms with Gasteiger partial charge in [0.1, 0.15) is 0 Å². The first-order valence-electron chi connectivity index (χ1n) is 11.2. The molecule has 0 saturated carbocycles. The van der Waals surface area contributed by atoms with Crippen LogP contribution in [-0.4, -0.2) is 29.5 Å². The van der Waals surface area contributed by atoms with Gasteiger partial charge in [0.05, 0.1) is 17.0 Å². The van der Waals surface area contributed by atoms with Gasteiger partial charge in [-0.15, -0.1) is 0 Å². The van der Waals surface area contributed by atoms with Gasteiger partial charge >= 0.3 is 0 Å². The standard InChI is InChI=1S/C29H19N3O3/c33-26-20-12-5-4-11-18(20)19-14-8-15-22(24(19)26)28(34)32-27-29(35)30-23-16-7-6-13-21(23)25(31-27)17-9-2-1-3-10-17/h1-16,27H,(H,30,35)(H,32,34). The molecule has 2 aliphatic rings. The Bertz CT molecular complexity index is 1560. The minimum atomic E-state index is -1.18. The highest BCUT2D eigenvalue weighted by Crippen LogP contribution is 2.38. The third-order valence-electron chi connectivity index (χ3n) is 6.26. The summed E-state index contributed by atoms with van der Waals surface area (Å²) in [6, 6.07) is 29.3. The predicted molar refractivity (Wildman–Crippen MR) is 134 cm³/mol. The van der Waals surface area contributed by atoms with Crippen LogP contribution in [0.25, 0.3) is 11.1 Å². The molecule has 0 aromatic heterocycles. The van der Waals surface area contributed by atoms with Gasteiger partial charge in [0, 0.05) is 22.3 Å². The lowest BCUT2D eigenvalue weighted by Gasteiger charge is -2.15. The number of ketones is 1. The van der Waals surface area contributed by atoms with Crippen molar-refractivity contribution in [2.75, 3.05) is 5.32 Å². The van der Waals surface area contributed by atoms with Crippen LogP contribution in [0.15, 0.2) is 102 Å². The van der Waals surface area contributed by atoms with E-state index in [2.05, 4.69) is 15.6 Å². The molecular formula is C29H19N3O3.